The van der Waals surface area contributed by atoms with Crippen molar-refractivity contribution >= 4 is 0 Å². The summed E-state index contributed by atoms with van der Waals surface area (Å²) >= 11 is 0. The average molecular weight is 158 g/mol. The maximum Gasteiger partial charge on any atom is 0.0965 e. The van der Waals surface area contributed by atoms with E-state index in [0.29, 0.717) is 12.0 Å². The molecule has 0 aliphatic heterocycles. The topological polar surface area (TPSA) is 49.8 Å². The highest BCUT2D eigenvalue weighted by atomic mass is 14.5. The van der Waals surface area contributed by atoms with Crippen molar-refractivity contribution in [1.29, 1.82) is 5.26 Å². The smallest absolute Gasteiger partial charge is 0.0965 e. The second-order valence-electron chi connectivity index (χ2n) is 2.47. The van der Waals surface area contributed by atoms with Crippen molar-refractivity contribution in [2.75, 3.05) is 0 Å². The normalized spacial score (nSPS) is 10.8. The molecule has 0 heterocycles. The minimum absolute atomic E-state index is 0.598. The number of hydrogen-bond donors (Lipinski definition) is 1. The van der Waals surface area contributed by atoms with E-state index in [-0.39, 0.29) is 0 Å². The third-order valence-corrected chi connectivity index (χ3v) is 1.58. The first-order chi connectivity index (χ1) is 5.86. The summed E-state index contributed by atoms with van der Waals surface area (Å²) in [6, 6.07) is 11.8. The van der Waals surface area contributed by atoms with Crippen molar-refractivity contribution in [3.05, 3.63) is 47.7 Å². The molecule has 12 heavy (non-hydrogen) atoms. The first kappa shape index (κ1) is 8.35. The van der Waals surface area contributed by atoms with E-state index in [1.165, 1.54) is 6.20 Å². The summed E-state index contributed by atoms with van der Waals surface area (Å²) in [4.78, 5) is 0. The van der Waals surface area contributed by atoms with Crippen LogP contribution in [-0.4, -0.2) is 0 Å². The van der Waals surface area contributed by atoms with Gasteiger partial charge in [-0.2, -0.15) is 5.26 Å². The Bertz CT molecular complexity index is 306. The maximum atomic E-state index is 8.59. The molecule has 0 aromatic heterocycles. The zero-order chi connectivity index (χ0) is 8.81. The third kappa shape index (κ3) is 2.14. The molecule has 0 saturated heterocycles. The van der Waals surface area contributed by atoms with Gasteiger partial charge in [-0.25, -0.2) is 0 Å². The van der Waals surface area contributed by atoms with E-state index in [4.69, 9.17) is 11.0 Å². The van der Waals surface area contributed by atoms with Gasteiger partial charge in [0.1, 0.15) is 0 Å². The second-order valence-corrected chi connectivity index (χ2v) is 2.47. The molecule has 0 spiro atoms. The molecule has 0 atom stereocenters. The van der Waals surface area contributed by atoms with Crippen LogP contribution < -0.4 is 5.73 Å². The lowest BCUT2D eigenvalue weighted by atomic mass is 10.1. The number of nitrogens with two attached hydrogens (primary N) is 1. The highest BCUT2D eigenvalue weighted by molar-refractivity contribution is 5.28. The van der Waals surface area contributed by atoms with E-state index in [2.05, 4.69) is 0 Å². The predicted molar refractivity (Wildman–Crippen MR) is 48.0 cm³/mol. The van der Waals surface area contributed by atoms with Gasteiger partial charge >= 0.3 is 0 Å². The van der Waals surface area contributed by atoms with Crippen LogP contribution in [0.4, 0.5) is 0 Å². The van der Waals surface area contributed by atoms with Gasteiger partial charge in [0.25, 0.3) is 0 Å². The van der Waals surface area contributed by atoms with Crippen molar-refractivity contribution in [2.24, 2.45) is 5.73 Å². The van der Waals surface area contributed by atoms with Gasteiger partial charge in [-0.1, -0.05) is 30.3 Å². The van der Waals surface area contributed by atoms with Crippen LogP contribution >= 0.6 is 0 Å². The SMILES string of the molecule is N#CC(=CN)Cc1ccccc1. The summed E-state index contributed by atoms with van der Waals surface area (Å²) in [5, 5.41) is 8.59. The molecule has 60 valence electrons. The third-order valence-electron chi connectivity index (χ3n) is 1.58. The monoisotopic (exact) mass is 158 g/mol. The van der Waals surface area contributed by atoms with Crippen molar-refractivity contribution in [3.63, 3.8) is 0 Å². The van der Waals surface area contributed by atoms with Crippen molar-refractivity contribution in [1.82, 2.24) is 0 Å². The molecule has 0 radical (unpaired) electrons. The standard InChI is InChI=1S/C10H10N2/c11-7-10(8-12)6-9-4-2-1-3-5-9/h1-5,7H,6,11H2. The van der Waals surface area contributed by atoms with E-state index in [1.54, 1.807) is 0 Å². The van der Waals surface area contributed by atoms with Crippen LogP contribution in [0, 0.1) is 11.3 Å². The summed E-state index contributed by atoms with van der Waals surface area (Å²) in [6.07, 6.45) is 1.97. The molecule has 0 saturated carbocycles. The Morgan fingerprint density at radius 1 is 1.42 bits per heavy atom. The Morgan fingerprint density at radius 2 is 2.08 bits per heavy atom. The first-order valence-corrected chi connectivity index (χ1v) is 3.71. The van der Waals surface area contributed by atoms with Crippen LogP contribution in [0.15, 0.2) is 42.1 Å². The van der Waals surface area contributed by atoms with E-state index < -0.39 is 0 Å². The molecule has 2 N–H and O–H groups in total. The maximum absolute atomic E-state index is 8.59. The molecule has 1 aromatic rings. The van der Waals surface area contributed by atoms with Crippen LogP contribution in [0.1, 0.15) is 5.56 Å². The van der Waals surface area contributed by atoms with Gasteiger partial charge in [-0.15, -0.1) is 0 Å². The van der Waals surface area contributed by atoms with Gasteiger partial charge < -0.3 is 5.73 Å². The molecule has 0 fully saturated rings. The number of benzene rings is 1. The van der Waals surface area contributed by atoms with Gasteiger partial charge in [0.15, 0.2) is 0 Å². The Hall–Kier alpha value is -1.75. The number of nitriles is 1. The van der Waals surface area contributed by atoms with Crippen LogP contribution in [-0.2, 0) is 6.42 Å². The molecular weight excluding hydrogens is 148 g/mol. The largest absolute Gasteiger partial charge is 0.404 e. The van der Waals surface area contributed by atoms with E-state index in [9.17, 15) is 0 Å². The van der Waals surface area contributed by atoms with Gasteiger partial charge in [0.05, 0.1) is 6.07 Å². The van der Waals surface area contributed by atoms with Gasteiger partial charge in [0, 0.05) is 18.2 Å². The van der Waals surface area contributed by atoms with E-state index >= 15 is 0 Å². The zero-order valence-electron chi connectivity index (χ0n) is 6.70. The Labute approximate surface area is 71.9 Å². The second kappa shape index (κ2) is 4.20. The van der Waals surface area contributed by atoms with Crippen LogP contribution in [0.2, 0.25) is 0 Å². The summed E-state index contributed by atoms with van der Waals surface area (Å²) in [6.45, 7) is 0. The molecule has 1 rings (SSSR count). The molecule has 1 aromatic carbocycles. The lowest BCUT2D eigenvalue weighted by molar-refractivity contribution is 1.18. The Kier molecular flexibility index (Phi) is 2.92. The Morgan fingerprint density at radius 3 is 2.58 bits per heavy atom. The number of allylic oxidation sites excluding steroid dienone is 1. The fourth-order valence-electron chi connectivity index (χ4n) is 0.951. The summed E-state index contributed by atoms with van der Waals surface area (Å²) in [5.74, 6) is 0. The lowest BCUT2D eigenvalue weighted by Gasteiger charge is -1.96. The zero-order valence-corrected chi connectivity index (χ0v) is 6.70. The number of rotatable bonds is 2. The first-order valence-electron chi connectivity index (χ1n) is 3.71. The summed E-state index contributed by atoms with van der Waals surface area (Å²) in [5.41, 5.74) is 6.95. The van der Waals surface area contributed by atoms with Gasteiger partial charge in [-0.05, 0) is 5.56 Å². The fraction of sp³-hybridized carbons (Fsp3) is 0.100. The van der Waals surface area contributed by atoms with Gasteiger partial charge in [-0.3, -0.25) is 0 Å². The minimum Gasteiger partial charge on any atom is -0.404 e. The van der Waals surface area contributed by atoms with Crippen LogP contribution in [0.25, 0.3) is 0 Å². The number of nitrogens with zero attached hydrogens (tertiary/aromatic N) is 1. The molecule has 0 bridgehead atoms. The minimum atomic E-state index is 0.598. The highest BCUT2D eigenvalue weighted by Gasteiger charge is 1.95. The molecule has 0 amide bonds. The quantitative estimate of drug-likeness (QED) is 0.664. The van der Waals surface area contributed by atoms with Crippen LogP contribution in [0.5, 0.6) is 0 Å². The molecule has 0 aliphatic carbocycles. The van der Waals surface area contributed by atoms with Crippen LogP contribution in [0.3, 0.4) is 0 Å². The summed E-state index contributed by atoms with van der Waals surface area (Å²) in [7, 11) is 0. The van der Waals surface area contributed by atoms with Crippen molar-refractivity contribution in [2.45, 2.75) is 6.42 Å². The highest BCUT2D eigenvalue weighted by Crippen LogP contribution is 2.05. The van der Waals surface area contributed by atoms with Crippen molar-refractivity contribution < 1.29 is 0 Å². The van der Waals surface area contributed by atoms with Gasteiger partial charge in [0.2, 0.25) is 0 Å². The fourth-order valence-corrected chi connectivity index (χ4v) is 0.951. The predicted octanol–water partition coefficient (Wildman–Crippen LogP) is 1.60. The molecule has 2 heteroatoms. The Balaban J connectivity index is 2.72. The average Bonchev–Trinajstić information content (AvgIpc) is 2.16. The van der Waals surface area contributed by atoms with E-state index in [0.717, 1.165) is 5.56 Å². The lowest BCUT2D eigenvalue weighted by Crippen LogP contribution is -1.91. The molecular formula is C10H10N2. The number of hydrogen-bond acceptors (Lipinski definition) is 2. The van der Waals surface area contributed by atoms with E-state index in [1.807, 2.05) is 36.4 Å². The molecule has 0 aliphatic rings. The molecule has 2 nitrogen and oxygen atoms in total. The summed E-state index contributed by atoms with van der Waals surface area (Å²) < 4.78 is 0. The van der Waals surface area contributed by atoms with Crippen molar-refractivity contribution in [3.8, 4) is 6.07 Å². The molecule has 0 unspecified atom stereocenters.